The lowest BCUT2D eigenvalue weighted by atomic mass is 10.2. The Morgan fingerprint density at radius 3 is 3.07 bits per heavy atom. The highest BCUT2D eigenvalue weighted by Crippen LogP contribution is 2.10. The molecule has 1 rings (SSSR count). The van der Waals surface area contributed by atoms with Crippen LogP contribution in [0.3, 0.4) is 0 Å². The van der Waals surface area contributed by atoms with Gasteiger partial charge >= 0.3 is 0 Å². The Morgan fingerprint density at radius 2 is 2.47 bits per heavy atom. The van der Waals surface area contributed by atoms with Crippen molar-refractivity contribution in [2.24, 2.45) is 5.92 Å². The highest BCUT2D eigenvalue weighted by Gasteiger charge is 2.13. The zero-order valence-corrected chi connectivity index (χ0v) is 8.91. The average Bonchev–Trinajstić information content (AvgIpc) is 2.73. The van der Waals surface area contributed by atoms with Crippen molar-refractivity contribution in [2.75, 3.05) is 6.54 Å². The van der Waals surface area contributed by atoms with Crippen LogP contribution in [0, 0.1) is 17.2 Å². The smallest absolute Gasteiger partial charge is 0.254 e. The number of rotatable bonds is 4. The van der Waals surface area contributed by atoms with Crippen molar-refractivity contribution in [3.05, 3.63) is 23.7 Å². The summed E-state index contributed by atoms with van der Waals surface area (Å²) in [6.45, 7) is 4.05. The van der Waals surface area contributed by atoms with Crippen molar-refractivity contribution < 1.29 is 9.21 Å². The first-order valence-corrected chi connectivity index (χ1v) is 4.93. The molecule has 0 aliphatic carbocycles. The van der Waals surface area contributed by atoms with E-state index in [9.17, 15) is 4.79 Å². The summed E-state index contributed by atoms with van der Waals surface area (Å²) in [5.74, 6) is 0.325. The summed E-state index contributed by atoms with van der Waals surface area (Å²) < 4.78 is 5.14. The zero-order chi connectivity index (χ0) is 11.3. The molecule has 1 aromatic rings. The fourth-order valence-corrected chi connectivity index (χ4v) is 1.20. The molecule has 0 bridgehead atoms. The molecule has 1 aromatic heterocycles. The van der Waals surface area contributed by atoms with Gasteiger partial charge in [0.1, 0.15) is 5.76 Å². The van der Waals surface area contributed by atoms with Crippen LogP contribution < -0.4 is 5.32 Å². The van der Waals surface area contributed by atoms with Crippen molar-refractivity contribution in [3.8, 4) is 6.07 Å². The van der Waals surface area contributed by atoms with E-state index in [2.05, 4.69) is 11.4 Å². The Hall–Kier alpha value is -1.76. The number of furan rings is 1. The third kappa shape index (κ3) is 2.84. The molecule has 15 heavy (non-hydrogen) atoms. The number of nitrogens with one attached hydrogen (secondary N) is 1. The lowest BCUT2D eigenvalue weighted by Gasteiger charge is -2.05. The molecule has 0 aliphatic heterocycles. The first-order valence-electron chi connectivity index (χ1n) is 4.93. The van der Waals surface area contributed by atoms with Crippen LogP contribution >= 0.6 is 0 Å². The van der Waals surface area contributed by atoms with Gasteiger partial charge in [-0.15, -0.1) is 0 Å². The number of carbonyl (C=O) groups is 1. The number of nitriles is 1. The number of nitrogens with zero attached hydrogens (tertiary/aromatic N) is 1. The third-order valence-corrected chi connectivity index (χ3v) is 2.10. The fourth-order valence-electron chi connectivity index (χ4n) is 1.20. The van der Waals surface area contributed by atoms with E-state index in [1.165, 1.54) is 6.26 Å². The molecule has 1 amide bonds. The molecule has 4 nitrogen and oxygen atoms in total. The van der Waals surface area contributed by atoms with Crippen LogP contribution in [-0.4, -0.2) is 12.5 Å². The van der Waals surface area contributed by atoms with Crippen LogP contribution in [0.15, 0.2) is 16.7 Å². The molecule has 1 heterocycles. The molecule has 0 aromatic carbocycles. The molecule has 1 atom stereocenters. The van der Waals surface area contributed by atoms with E-state index < -0.39 is 0 Å². The van der Waals surface area contributed by atoms with Crippen LogP contribution in [0.1, 0.15) is 30.0 Å². The second kappa shape index (κ2) is 5.20. The summed E-state index contributed by atoms with van der Waals surface area (Å²) in [6.07, 6.45) is 2.19. The van der Waals surface area contributed by atoms with Crippen molar-refractivity contribution in [3.63, 3.8) is 0 Å². The Bertz CT molecular complexity index is 376. The van der Waals surface area contributed by atoms with Crippen molar-refractivity contribution >= 4 is 5.91 Å². The van der Waals surface area contributed by atoms with E-state index in [0.29, 0.717) is 24.3 Å². The molecule has 0 fully saturated rings. The van der Waals surface area contributed by atoms with E-state index in [1.54, 1.807) is 13.0 Å². The SMILES string of the molecule is CCc1occc1C(=O)NCC(C)C#N. The van der Waals surface area contributed by atoms with Crippen LogP contribution in [-0.2, 0) is 6.42 Å². The van der Waals surface area contributed by atoms with E-state index >= 15 is 0 Å². The minimum atomic E-state index is -0.178. The summed E-state index contributed by atoms with van der Waals surface area (Å²) in [5.41, 5.74) is 0.558. The van der Waals surface area contributed by atoms with E-state index in [0.717, 1.165) is 0 Å². The summed E-state index contributed by atoms with van der Waals surface area (Å²) in [6, 6.07) is 3.70. The van der Waals surface area contributed by atoms with Gasteiger partial charge in [-0.25, -0.2) is 0 Å². The third-order valence-electron chi connectivity index (χ3n) is 2.10. The predicted octanol–water partition coefficient (Wildman–Crippen LogP) is 1.73. The maximum Gasteiger partial charge on any atom is 0.254 e. The second-order valence-electron chi connectivity index (χ2n) is 3.35. The highest BCUT2D eigenvalue weighted by molar-refractivity contribution is 5.95. The van der Waals surface area contributed by atoms with Crippen LogP contribution in [0.2, 0.25) is 0 Å². The van der Waals surface area contributed by atoms with E-state index in [1.807, 2.05) is 6.92 Å². The van der Waals surface area contributed by atoms with E-state index in [-0.39, 0.29) is 11.8 Å². The normalized spacial score (nSPS) is 11.8. The maximum atomic E-state index is 11.6. The topological polar surface area (TPSA) is 66.0 Å². The van der Waals surface area contributed by atoms with Gasteiger partial charge in [-0.1, -0.05) is 6.92 Å². The lowest BCUT2D eigenvalue weighted by molar-refractivity contribution is 0.0949. The molecular weight excluding hydrogens is 192 g/mol. The molecule has 0 saturated heterocycles. The summed E-state index contributed by atoms with van der Waals surface area (Å²) in [7, 11) is 0. The molecule has 0 spiro atoms. The summed E-state index contributed by atoms with van der Waals surface area (Å²) in [5, 5.41) is 11.2. The van der Waals surface area contributed by atoms with Gasteiger partial charge in [0.2, 0.25) is 0 Å². The lowest BCUT2D eigenvalue weighted by Crippen LogP contribution is -2.28. The quantitative estimate of drug-likeness (QED) is 0.815. The average molecular weight is 206 g/mol. The Kier molecular flexibility index (Phi) is 3.92. The van der Waals surface area contributed by atoms with Crippen LogP contribution in [0.5, 0.6) is 0 Å². The number of aryl methyl sites for hydroxylation is 1. The first kappa shape index (κ1) is 11.3. The largest absolute Gasteiger partial charge is 0.469 e. The second-order valence-corrected chi connectivity index (χ2v) is 3.35. The molecule has 0 radical (unpaired) electrons. The van der Waals surface area contributed by atoms with Gasteiger partial charge in [-0.05, 0) is 13.0 Å². The first-order chi connectivity index (χ1) is 7.19. The highest BCUT2D eigenvalue weighted by atomic mass is 16.3. The summed E-state index contributed by atoms with van der Waals surface area (Å²) >= 11 is 0. The van der Waals surface area contributed by atoms with Gasteiger partial charge in [0.05, 0.1) is 23.8 Å². The van der Waals surface area contributed by atoms with Gasteiger partial charge < -0.3 is 9.73 Å². The number of hydrogen-bond donors (Lipinski definition) is 1. The maximum absolute atomic E-state index is 11.6. The standard InChI is InChI=1S/C11H14N2O2/c1-3-10-9(4-5-15-10)11(14)13-7-8(2)6-12/h4-5,8H,3,7H2,1-2H3,(H,13,14). The Morgan fingerprint density at radius 1 is 1.73 bits per heavy atom. The number of amides is 1. The van der Waals surface area contributed by atoms with E-state index in [4.69, 9.17) is 9.68 Å². The summed E-state index contributed by atoms with van der Waals surface area (Å²) in [4.78, 5) is 11.6. The molecule has 1 unspecified atom stereocenters. The fraction of sp³-hybridized carbons (Fsp3) is 0.455. The monoisotopic (exact) mass is 206 g/mol. The molecule has 0 saturated carbocycles. The molecule has 80 valence electrons. The van der Waals surface area contributed by atoms with Crippen LogP contribution in [0.4, 0.5) is 0 Å². The molecule has 4 heteroatoms. The Labute approximate surface area is 88.9 Å². The van der Waals surface area contributed by atoms with Gasteiger partial charge in [-0.2, -0.15) is 5.26 Å². The zero-order valence-electron chi connectivity index (χ0n) is 8.91. The van der Waals surface area contributed by atoms with Crippen molar-refractivity contribution in [1.29, 1.82) is 5.26 Å². The van der Waals surface area contributed by atoms with Gasteiger partial charge in [0.25, 0.3) is 5.91 Å². The van der Waals surface area contributed by atoms with Crippen molar-refractivity contribution in [1.82, 2.24) is 5.32 Å². The van der Waals surface area contributed by atoms with Gasteiger partial charge in [-0.3, -0.25) is 4.79 Å². The minimum Gasteiger partial charge on any atom is -0.469 e. The van der Waals surface area contributed by atoms with Gasteiger partial charge in [0.15, 0.2) is 0 Å². The minimum absolute atomic E-state index is 0.175. The number of hydrogen-bond acceptors (Lipinski definition) is 3. The van der Waals surface area contributed by atoms with Gasteiger partial charge in [0, 0.05) is 13.0 Å². The molecule has 1 N–H and O–H groups in total. The Balaban J connectivity index is 2.58. The number of carbonyl (C=O) groups excluding carboxylic acids is 1. The molecule has 0 aliphatic rings. The molecular formula is C11H14N2O2. The predicted molar refractivity (Wildman–Crippen MR) is 55.2 cm³/mol. The van der Waals surface area contributed by atoms with Crippen molar-refractivity contribution in [2.45, 2.75) is 20.3 Å². The van der Waals surface area contributed by atoms with Crippen LogP contribution in [0.25, 0.3) is 0 Å².